The SMILES string of the molecule is CC1=CC(C)CC(C(O)Cc2cccc(C)c2)C1. The van der Waals surface area contributed by atoms with E-state index >= 15 is 0 Å². The van der Waals surface area contributed by atoms with Gasteiger partial charge in [0.05, 0.1) is 6.10 Å². The number of benzene rings is 1. The van der Waals surface area contributed by atoms with Crippen LogP contribution in [0.3, 0.4) is 0 Å². The average molecular weight is 244 g/mol. The molecule has 0 aromatic heterocycles. The Labute approximate surface area is 111 Å². The Morgan fingerprint density at radius 2 is 2.11 bits per heavy atom. The van der Waals surface area contributed by atoms with Gasteiger partial charge in [-0.25, -0.2) is 0 Å². The van der Waals surface area contributed by atoms with E-state index in [2.05, 4.69) is 51.1 Å². The molecule has 0 fully saturated rings. The van der Waals surface area contributed by atoms with E-state index in [1.165, 1.54) is 16.7 Å². The number of hydrogen-bond acceptors (Lipinski definition) is 1. The van der Waals surface area contributed by atoms with Gasteiger partial charge in [-0.15, -0.1) is 0 Å². The van der Waals surface area contributed by atoms with Crippen molar-refractivity contribution in [2.45, 2.75) is 46.1 Å². The smallest absolute Gasteiger partial charge is 0.0611 e. The van der Waals surface area contributed by atoms with Crippen molar-refractivity contribution in [1.29, 1.82) is 0 Å². The standard InChI is InChI=1S/C17H24O/c1-12-5-4-6-15(8-12)11-17(18)16-9-13(2)7-14(3)10-16/h4-8,13,16-18H,9-11H2,1-3H3. The second-order valence-electron chi connectivity index (χ2n) is 5.95. The van der Waals surface area contributed by atoms with Crippen molar-refractivity contribution in [3.05, 3.63) is 47.0 Å². The fourth-order valence-electron chi connectivity index (χ4n) is 3.14. The van der Waals surface area contributed by atoms with Crippen LogP contribution in [0, 0.1) is 18.8 Å². The lowest BCUT2D eigenvalue weighted by Crippen LogP contribution is -2.27. The Morgan fingerprint density at radius 3 is 2.78 bits per heavy atom. The minimum atomic E-state index is -0.210. The molecule has 1 heteroatoms. The molecule has 0 aliphatic heterocycles. The highest BCUT2D eigenvalue weighted by Crippen LogP contribution is 2.31. The van der Waals surface area contributed by atoms with E-state index in [-0.39, 0.29) is 6.10 Å². The molecule has 2 rings (SSSR count). The molecule has 0 saturated carbocycles. The topological polar surface area (TPSA) is 20.2 Å². The maximum atomic E-state index is 10.4. The number of hydrogen-bond donors (Lipinski definition) is 1. The van der Waals surface area contributed by atoms with Crippen molar-refractivity contribution in [3.8, 4) is 0 Å². The fourth-order valence-corrected chi connectivity index (χ4v) is 3.14. The van der Waals surface area contributed by atoms with Crippen LogP contribution in [0.4, 0.5) is 0 Å². The van der Waals surface area contributed by atoms with Crippen LogP contribution in [-0.2, 0) is 6.42 Å². The summed E-state index contributed by atoms with van der Waals surface area (Å²) >= 11 is 0. The number of allylic oxidation sites excluding steroid dienone is 2. The van der Waals surface area contributed by atoms with Crippen LogP contribution in [0.5, 0.6) is 0 Å². The van der Waals surface area contributed by atoms with Gasteiger partial charge in [-0.1, -0.05) is 48.4 Å². The van der Waals surface area contributed by atoms with Crippen LogP contribution in [0.2, 0.25) is 0 Å². The lowest BCUT2D eigenvalue weighted by Gasteiger charge is -2.29. The van der Waals surface area contributed by atoms with E-state index in [4.69, 9.17) is 0 Å². The third kappa shape index (κ3) is 3.46. The predicted molar refractivity (Wildman–Crippen MR) is 76.5 cm³/mol. The van der Waals surface area contributed by atoms with Crippen molar-refractivity contribution in [1.82, 2.24) is 0 Å². The summed E-state index contributed by atoms with van der Waals surface area (Å²) in [4.78, 5) is 0. The molecule has 1 N–H and O–H groups in total. The molecule has 1 aromatic rings. The van der Waals surface area contributed by atoms with Gasteiger partial charge in [0, 0.05) is 0 Å². The molecule has 1 nitrogen and oxygen atoms in total. The van der Waals surface area contributed by atoms with E-state index in [9.17, 15) is 5.11 Å². The molecule has 1 aliphatic carbocycles. The van der Waals surface area contributed by atoms with Gasteiger partial charge in [0.1, 0.15) is 0 Å². The zero-order valence-electron chi connectivity index (χ0n) is 11.7. The van der Waals surface area contributed by atoms with Crippen LogP contribution in [0.25, 0.3) is 0 Å². The fraction of sp³-hybridized carbons (Fsp3) is 0.529. The quantitative estimate of drug-likeness (QED) is 0.800. The minimum absolute atomic E-state index is 0.210. The highest BCUT2D eigenvalue weighted by molar-refractivity contribution is 5.23. The van der Waals surface area contributed by atoms with Gasteiger partial charge in [-0.2, -0.15) is 0 Å². The van der Waals surface area contributed by atoms with Gasteiger partial charge in [-0.3, -0.25) is 0 Å². The Morgan fingerprint density at radius 1 is 1.33 bits per heavy atom. The first kappa shape index (κ1) is 13.4. The molecule has 18 heavy (non-hydrogen) atoms. The highest BCUT2D eigenvalue weighted by atomic mass is 16.3. The van der Waals surface area contributed by atoms with Crippen LogP contribution >= 0.6 is 0 Å². The maximum absolute atomic E-state index is 10.4. The number of rotatable bonds is 3. The Hall–Kier alpha value is -1.08. The van der Waals surface area contributed by atoms with Crippen LogP contribution in [0.15, 0.2) is 35.9 Å². The predicted octanol–water partition coefficient (Wildman–Crippen LogP) is 3.89. The van der Waals surface area contributed by atoms with E-state index in [0.29, 0.717) is 11.8 Å². The molecule has 0 radical (unpaired) electrons. The Bertz CT molecular complexity index is 433. The van der Waals surface area contributed by atoms with Crippen molar-refractivity contribution >= 4 is 0 Å². The zero-order valence-corrected chi connectivity index (χ0v) is 11.7. The second kappa shape index (κ2) is 5.71. The normalized spacial score (nSPS) is 25.7. The zero-order chi connectivity index (χ0) is 13.1. The van der Waals surface area contributed by atoms with Gasteiger partial charge in [0.2, 0.25) is 0 Å². The summed E-state index contributed by atoms with van der Waals surface area (Å²) in [7, 11) is 0. The van der Waals surface area contributed by atoms with Crippen molar-refractivity contribution in [3.63, 3.8) is 0 Å². The third-order valence-electron chi connectivity index (χ3n) is 3.90. The van der Waals surface area contributed by atoms with E-state index in [1.54, 1.807) is 0 Å². The molecule has 0 saturated heterocycles. The monoisotopic (exact) mass is 244 g/mol. The maximum Gasteiger partial charge on any atom is 0.0611 e. The van der Waals surface area contributed by atoms with Gasteiger partial charge in [-0.05, 0) is 50.5 Å². The molecular formula is C17H24O. The van der Waals surface area contributed by atoms with Gasteiger partial charge >= 0.3 is 0 Å². The summed E-state index contributed by atoms with van der Waals surface area (Å²) in [5, 5.41) is 10.4. The highest BCUT2D eigenvalue weighted by Gasteiger charge is 2.24. The second-order valence-corrected chi connectivity index (χ2v) is 5.95. The first-order valence-corrected chi connectivity index (χ1v) is 6.95. The molecule has 0 bridgehead atoms. The third-order valence-corrected chi connectivity index (χ3v) is 3.90. The van der Waals surface area contributed by atoms with Gasteiger partial charge < -0.3 is 5.11 Å². The summed E-state index contributed by atoms with van der Waals surface area (Å²) in [6.07, 6.45) is 5.09. The first-order valence-electron chi connectivity index (χ1n) is 6.95. The van der Waals surface area contributed by atoms with Crippen LogP contribution in [-0.4, -0.2) is 11.2 Å². The van der Waals surface area contributed by atoms with Crippen LogP contribution in [0.1, 0.15) is 37.8 Å². The van der Waals surface area contributed by atoms with E-state index in [0.717, 1.165) is 19.3 Å². The van der Waals surface area contributed by atoms with Crippen molar-refractivity contribution in [2.24, 2.45) is 11.8 Å². The summed E-state index contributed by atoms with van der Waals surface area (Å²) in [6.45, 7) is 6.53. The number of aliphatic hydroxyl groups excluding tert-OH is 1. The molecule has 3 unspecified atom stereocenters. The lowest BCUT2D eigenvalue weighted by atomic mass is 9.79. The van der Waals surface area contributed by atoms with E-state index < -0.39 is 0 Å². The Kier molecular flexibility index (Phi) is 4.23. The Balaban J connectivity index is 2.00. The summed E-state index contributed by atoms with van der Waals surface area (Å²) < 4.78 is 0. The van der Waals surface area contributed by atoms with Crippen LogP contribution < -0.4 is 0 Å². The van der Waals surface area contributed by atoms with Gasteiger partial charge in [0.25, 0.3) is 0 Å². The summed E-state index contributed by atoms with van der Waals surface area (Å²) in [6, 6.07) is 8.47. The van der Waals surface area contributed by atoms with Crippen molar-refractivity contribution in [2.75, 3.05) is 0 Å². The number of aliphatic hydroxyl groups is 1. The molecule has 3 atom stereocenters. The lowest BCUT2D eigenvalue weighted by molar-refractivity contribution is 0.0932. The average Bonchev–Trinajstić information content (AvgIpc) is 2.27. The van der Waals surface area contributed by atoms with E-state index in [1.807, 2.05) is 0 Å². The first-order chi connectivity index (χ1) is 8.54. The molecule has 0 amide bonds. The molecule has 98 valence electrons. The number of aryl methyl sites for hydroxylation is 1. The molecule has 1 aromatic carbocycles. The minimum Gasteiger partial charge on any atom is -0.392 e. The van der Waals surface area contributed by atoms with Gasteiger partial charge in [0.15, 0.2) is 0 Å². The summed E-state index contributed by atoms with van der Waals surface area (Å²) in [5.74, 6) is 1.03. The van der Waals surface area contributed by atoms with Crippen molar-refractivity contribution < 1.29 is 5.11 Å². The molecular weight excluding hydrogens is 220 g/mol. The summed E-state index contributed by atoms with van der Waals surface area (Å²) in [5.41, 5.74) is 3.96. The molecule has 0 heterocycles. The largest absolute Gasteiger partial charge is 0.392 e. The molecule has 1 aliphatic rings. The molecule has 0 spiro atoms.